The van der Waals surface area contributed by atoms with Crippen LogP contribution < -0.4 is 5.73 Å². The van der Waals surface area contributed by atoms with Crippen LogP contribution in [0.2, 0.25) is 0 Å². The molecule has 0 radical (unpaired) electrons. The SMILES string of the molecule is CN(CC1CCOC1)C(=O)c1cccc(N)c1.Cl. The number of nitrogens with two attached hydrogens (primary N) is 1. The van der Waals surface area contributed by atoms with Crippen molar-refractivity contribution < 1.29 is 9.53 Å². The maximum absolute atomic E-state index is 12.1. The number of nitrogens with zero attached hydrogens (tertiary/aromatic N) is 1. The van der Waals surface area contributed by atoms with Crippen LogP contribution in [0.5, 0.6) is 0 Å². The van der Waals surface area contributed by atoms with Crippen molar-refractivity contribution in [3.05, 3.63) is 29.8 Å². The van der Waals surface area contributed by atoms with Crippen LogP contribution in [0.3, 0.4) is 0 Å². The molecule has 18 heavy (non-hydrogen) atoms. The predicted octanol–water partition coefficient (Wildman–Crippen LogP) is 1.80. The number of rotatable bonds is 3. The van der Waals surface area contributed by atoms with Gasteiger partial charge in [0.15, 0.2) is 0 Å². The Morgan fingerprint density at radius 1 is 1.56 bits per heavy atom. The van der Waals surface area contributed by atoms with E-state index in [2.05, 4.69) is 0 Å². The van der Waals surface area contributed by atoms with Gasteiger partial charge < -0.3 is 15.4 Å². The smallest absolute Gasteiger partial charge is 0.253 e. The summed E-state index contributed by atoms with van der Waals surface area (Å²) in [7, 11) is 1.82. The minimum absolute atomic E-state index is 0. The Labute approximate surface area is 114 Å². The fourth-order valence-electron chi connectivity index (χ4n) is 2.09. The van der Waals surface area contributed by atoms with E-state index in [-0.39, 0.29) is 18.3 Å². The largest absolute Gasteiger partial charge is 0.399 e. The molecular formula is C13H19ClN2O2. The molecule has 1 fully saturated rings. The van der Waals surface area contributed by atoms with E-state index < -0.39 is 0 Å². The van der Waals surface area contributed by atoms with Gasteiger partial charge in [0.1, 0.15) is 0 Å². The van der Waals surface area contributed by atoms with Gasteiger partial charge in [-0.25, -0.2) is 0 Å². The van der Waals surface area contributed by atoms with Crippen LogP contribution in [0.15, 0.2) is 24.3 Å². The number of anilines is 1. The quantitative estimate of drug-likeness (QED) is 0.852. The molecule has 1 saturated heterocycles. The van der Waals surface area contributed by atoms with E-state index in [1.54, 1.807) is 29.2 Å². The molecule has 1 unspecified atom stereocenters. The minimum atomic E-state index is 0. The second-order valence-electron chi connectivity index (χ2n) is 4.54. The zero-order valence-electron chi connectivity index (χ0n) is 10.5. The Morgan fingerprint density at radius 3 is 2.94 bits per heavy atom. The average molecular weight is 271 g/mol. The summed E-state index contributed by atoms with van der Waals surface area (Å²) >= 11 is 0. The van der Waals surface area contributed by atoms with Crippen LogP contribution in [0, 0.1) is 5.92 Å². The molecule has 1 heterocycles. The zero-order chi connectivity index (χ0) is 12.3. The molecule has 0 aliphatic carbocycles. The van der Waals surface area contributed by atoms with E-state index in [0.29, 0.717) is 17.2 Å². The van der Waals surface area contributed by atoms with Crippen LogP contribution in [0.4, 0.5) is 5.69 Å². The first-order valence-corrected chi connectivity index (χ1v) is 5.85. The Kier molecular flexibility index (Phi) is 5.44. The van der Waals surface area contributed by atoms with Crippen molar-refractivity contribution in [2.45, 2.75) is 6.42 Å². The number of nitrogen functional groups attached to an aromatic ring is 1. The van der Waals surface area contributed by atoms with Crippen molar-refractivity contribution >= 4 is 24.0 Å². The Balaban J connectivity index is 0.00000162. The lowest BCUT2D eigenvalue weighted by atomic mass is 10.1. The lowest BCUT2D eigenvalue weighted by Crippen LogP contribution is -2.32. The molecular weight excluding hydrogens is 252 g/mol. The van der Waals surface area contributed by atoms with Gasteiger partial charge in [-0.3, -0.25) is 4.79 Å². The molecule has 0 aromatic heterocycles. The highest BCUT2D eigenvalue weighted by atomic mass is 35.5. The molecule has 1 aliphatic heterocycles. The first-order chi connectivity index (χ1) is 8.16. The highest BCUT2D eigenvalue weighted by Crippen LogP contribution is 2.15. The molecule has 1 amide bonds. The number of halogens is 1. The highest BCUT2D eigenvalue weighted by molar-refractivity contribution is 5.94. The van der Waals surface area contributed by atoms with Gasteiger partial charge in [0, 0.05) is 37.4 Å². The number of benzene rings is 1. The number of hydrogen-bond donors (Lipinski definition) is 1. The van der Waals surface area contributed by atoms with Gasteiger partial charge in [-0.15, -0.1) is 12.4 Å². The first-order valence-electron chi connectivity index (χ1n) is 5.85. The molecule has 1 atom stereocenters. The van der Waals surface area contributed by atoms with Crippen LogP contribution in [0.25, 0.3) is 0 Å². The van der Waals surface area contributed by atoms with Crippen molar-refractivity contribution in [3.63, 3.8) is 0 Å². The fourth-order valence-corrected chi connectivity index (χ4v) is 2.09. The number of ether oxygens (including phenoxy) is 1. The molecule has 1 aromatic rings. The third kappa shape index (κ3) is 3.62. The van der Waals surface area contributed by atoms with Gasteiger partial charge in [0.05, 0.1) is 6.61 Å². The third-order valence-corrected chi connectivity index (χ3v) is 3.04. The number of amides is 1. The van der Waals surface area contributed by atoms with E-state index in [9.17, 15) is 4.79 Å². The molecule has 4 nitrogen and oxygen atoms in total. The third-order valence-electron chi connectivity index (χ3n) is 3.04. The summed E-state index contributed by atoms with van der Waals surface area (Å²) in [6, 6.07) is 7.08. The monoisotopic (exact) mass is 270 g/mol. The summed E-state index contributed by atoms with van der Waals surface area (Å²) < 4.78 is 5.30. The summed E-state index contributed by atoms with van der Waals surface area (Å²) in [6.45, 7) is 2.31. The summed E-state index contributed by atoms with van der Waals surface area (Å²) in [5, 5.41) is 0. The topological polar surface area (TPSA) is 55.6 Å². The minimum Gasteiger partial charge on any atom is -0.399 e. The molecule has 5 heteroatoms. The first kappa shape index (κ1) is 14.8. The number of carbonyl (C=O) groups excluding carboxylic acids is 1. The van der Waals surface area contributed by atoms with Crippen molar-refractivity contribution in [1.82, 2.24) is 4.90 Å². The molecule has 2 rings (SSSR count). The molecule has 1 aromatic carbocycles. The van der Waals surface area contributed by atoms with Gasteiger partial charge in [0.25, 0.3) is 5.91 Å². The van der Waals surface area contributed by atoms with E-state index >= 15 is 0 Å². The highest BCUT2D eigenvalue weighted by Gasteiger charge is 2.20. The van der Waals surface area contributed by atoms with Crippen LogP contribution >= 0.6 is 12.4 Å². The van der Waals surface area contributed by atoms with Gasteiger partial charge >= 0.3 is 0 Å². The summed E-state index contributed by atoms with van der Waals surface area (Å²) in [6.07, 6.45) is 1.04. The van der Waals surface area contributed by atoms with Crippen molar-refractivity contribution in [3.8, 4) is 0 Å². The summed E-state index contributed by atoms with van der Waals surface area (Å²) in [5.74, 6) is 0.481. The van der Waals surface area contributed by atoms with E-state index in [1.807, 2.05) is 7.05 Å². The fraction of sp³-hybridized carbons (Fsp3) is 0.462. The van der Waals surface area contributed by atoms with Crippen LogP contribution in [-0.4, -0.2) is 37.6 Å². The molecule has 100 valence electrons. The lowest BCUT2D eigenvalue weighted by Gasteiger charge is -2.20. The second kappa shape index (κ2) is 6.61. The van der Waals surface area contributed by atoms with Crippen molar-refractivity contribution in [2.24, 2.45) is 5.92 Å². The standard InChI is InChI=1S/C13H18N2O2.ClH/c1-15(8-10-5-6-17-9-10)13(16)11-3-2-4-12(14)7-11;/h2-4,7,10H,5-6,8-9,14H2,1H3;1H. The lowest BCUT2D eigenvalue weighted by molar-refractivity contribution is 0.0766. The number of carbonyl (C=O) groups is 1. The van der Waals surface area contributed by atoms with Gasteiger partial charge in [0.2, 0.25) is 0 Å². The van der Waals surface area contributed by atoms with Crippen molar-refractivity contribution in [2.75, 3.05) is 32.5 Å². The normalized spacial score (nSPS) is 18.2. The molecule has 0 spiro atoms. The van der Waals surface area contributed by atoms with Gasteiger partial charge in [-0.2, -0.15) is 0 Å². The molecule has 2 N–H and O–H groups in total. The maximum Gasteiger partial charge on any atom is 0.253 e. The van der Waals surface area contributed by atoms with E-state index in [4.69, 9.17) is 10.5 Å². The van der Waals surface area contributed by atoms with E-state index in [1.165, 1.54) is 0 Å². The zero-order valence-corrected chi connectivity index (χ0v) is 11.3. The maximum atomic E-state index is 12.1. The Hall–Kier alpha value is -1.26. The molecule has 0 bridgehead atoms. The van der Waals surface area contributed by atoms with E-state index in [0.717, 1.165) is 26.2 Å². The summed E-state index contributed by atoms with van der Waals surface area (Å²) in [5.41, 5.74) is 6.93. The Bertz CT molecular complexity index is 406. The Morgan fingerprint density at radius 2 is 2.33 bits per heavy atom. The van der Waals surface area contributed by atoms with Crippen LogP contribution in [0.1, 0.15) is 16.8 Å². The van der Waals surface area contributed by atoms with Crippen molar-refractivity contribution in [1.29, 1.82) is 0 Å². The summed E-state index contributed by atoms with van der Waals surface area (Å²) in [4.78, 5) is 13.9. The number of hydrogen-bond acceptors (Lipinski definition) is 3. The second-order valence-corrected chi connectivity index (χ2v) is 4.54. The molecule has 1 aliphatic rings. The van der Waals surface area contributed by atoms with Gasteiger partial charge in [-0.05, 0) is 24.6 Å². The van der Waals surface area contributed by atoms with Crippen LogP contribution in [-0.2, 0) is 4.74 Å². The average Bonchev–Trinajstić information content (AvgIpc) is 2.80. The predicted molar refractivity (Wildman–Crippen MR) is 74.0 cm³/mol. The molecule has 0 saturated carbocycles. The van der Waals surface area contributed by atoms with Gasteiger partial charge in [-0.1, -0.05) is 6.07 Å².